The van der Waals surface area contributed by atoms with Crippen molar-refractivity contribution in [1.82, 2.24) is 24.8 Å². The zero-order valence-electron chi connectivity index (χ0n) is 16.2. The van der Waals surface area contributed by atoms with Crippen LogP contribution in [0, 0.1) is 12.8 Å². The van der Waals surface area contributed by atoms with Gasteiger partial charge in [0, 0.05) is 55.0 Å². The number of likely N-dealkylation sites (tertiary alicyclic amines) is 1. The molecule has 3 rings (SSSR count). The second-order valence-electron chi connectivity index (χ2n) is 8.21. The van der Waals surface area contributed by atoms with E-state index in [-0.39, 0.29) is 11.6 Å². The molecule has 0 aromatic carbocycles. The summed E-state index contributed by atoms with van der Waals surface area (Å²) >= 11 is 0. The van der Waals surface area contributed by atoms with Gasteiger partial charge in [0.2, 0.25) is 0 Å². The molecule has 1 aliphatic rings. The number of urea groups is 1. The first-order valence-electron chi connectivity index (χ1n) is 9.33. The van der Waals surface area contributed by atoms with Crippen LogP contribution in [-0.4, -0.2) is 44.1 Å². The lowest BCUT2D eigenvalue weighted by atomic mass is 9.97. The Hall–Kier alpha value is -2.37. The van der Waals surface area contributed by atoms with E-state index in [1.165, 1.54) is 0 Å². The Labute approximate surface area is 155 Å². The minimum atomic E-state index is -0.210. The molecule has 140 valence electrons. The summed E-state index contributed by atoms with van der Waals surface area (Å²) in [5.74, 6) is 1.38. The van der Waals surface area contributed by atoms with Crippen molar-refractivity contribution in [2.24, 2.45) is 5.92 Å². The Balaban J connectivity index is 1.72. The molecule has 2 amide bonds. The van der Waals surface area contributed by atoms with E-state index in [1.807, 2.05) is 50.2 Å². The van der Waals surface area contributed by atoms with E-state index in [4.69, 9.17) is 0 Å². The van der Waals surface area contributed by atoms with Crippen LogP contribution in [0.3, 0.4) is 0 Å². The van der Waals surface area contributed by atoms with Crippen molar-refractivity contribution in [3.63, 3.8) is 0 Å². The molecule has 0 saturated carbocycles. The number of carbonyl (C=O) groups excluding carboxylic acids is 1. The molecule has 1 unspecified atom stereocenters. The number of nitrogens with zero attached hydrogens (tertiary/aromatic N) is 4. The van der Waals surface area contributed by atoms with E-state index in [1.54, 1.807) is 6.20 Å². The lowest BCUT2D eigenvalue weighted by molar-refractivity contribution is 0.152. The van der Waals surface area contributed by atoms with Gasteiger partial charge >= 0.3 is 6.03 Å². The molecule has 0 spiro atoms. The molecule has 0 radical (unpaired) electrons. The third kappa shape index (κ3) is 4.42. The number of carbonyl (C=O) groups is 1. The number of rotatable bonds is 3. The van der Waals surface area contributed by atoms with Gasteiger partial charge in [-0.05, 0) is 58.6 Å². The van der Waals surface area contributed by atoms with Crippen LogP contribution >= 0.6 is 0 Å². The molecule has 1 fully saturated rings. The highest BCUT2D eigenvalue weighted by Gasteiger charge is 2.27. The second kappa shape index (κ2) is 7.48. The molecule has 0 bridgehead atoms. The monoisotopic (exact) mass is 355 g/mol. The first kappa shape index (κ1) is 18.4. The normalized spacial score (nSPS) is 18.0. The van der Waals surface area contributed by atoms with Crippen LogP contribution in [0.15, 0.2) is 30.7 Å². The van der Waals surface area contributed by atoms with Crippen molar-refractivity contribution >= 4 is 6.03 Å². The number of aromatic nitrogens is 3. The van der Waals surface area contributed by atoms with E-state index in [2.05, 4.69) is 26.8 Å². The largest absolute Gasteiger partial charge is 0.333 e. The van der Waals surface area contributed by atoms with Crippen LogP contribution in [0.4, 0.5) is 4.79 Å². The summed E-state index contributed by atoms with van der Waals surface area (Å²) in [6, 6.07) is 4.01. The van der Waals surface area contributed by atoms with Gasteiger partial charge in [0.05, 0.1) is 0 Å². The van der Waals surface area contributed by atoms with Crippen LogP contribution in [0.1, 0.15) is 39.3 Å². The molecule has 3 heterocycles. The van der Waals surface area contributed by atoms with E-state index in [0.29, 0.717) is 5.92 Å². The average molecular weight is 355 g/mol. The minimum Gasteiger partial charge on any atom is -0.333 e. The highest BCUT2D eigenvalue weighted by Crippen LogP contribution is 2.24. The third-order valence-corrected chi connectivity index (χ3v) is 4.70. The lowest BCUT2D eigenvalue weighted by Crippen LogP contribution is -2.51. The molecule has 6 heteroatoms. The quantitative estimate of drug-likeness (QED) is 0.917. The number of nitrogens with one attached hydrogen (secondary N) is 1. The molecular formula is C20H29N5O. The smallest absolute Gasteiger partial charge is 0.317 e. The number of piperidine rings is 1. The fraction of sp³-hybridized carbons (Fsp3) is 0.550. The van der Waals surface area contributed by atoms with Gasteiger partial charge in [-0.25, -0.2) is 9.78 Å². The molecule has 26 heavy (non-hydrogen) atoms. The average Bonchev–Trinajstić information content (AvgIpc) is 2.95. The number of imidazole rings is 1. The van der Waals surface area contributed by atoms with Crippen LogP contribution in [-0.2, 0) is 6.54 Å². The second-order valence-corrected chi connectivity index (χ2v) is 8.21. The maximum Gasteiger partial charge on any atom is 0.317 e. The molecule has 1 aliphatic heterocycles. The van der Waals surface area contributed by atoms with Gasteiger partial charge < -0.3 is 14.8 Å². The molecule has 1 atom stereocenters. The molecular weight excluding hydrogens is 326 g/mol. The van der Waals surface area contributed by atoms with E-state index in [0.717, 1.165) is 49.6 Å². The van der Waals surface area contributed by atoms with Gasteiger partial charge in [-0.2, -0.15) is 0 Å². The summed E-state index contributed by atoms with van der Waals surface area (Å²) in [7, 11) is 0. The van der Waals surface area contributed by atoms with Crippen LogP contribution < -0.4 is 5.32 Å². The summed E-state index contributed by atoms with van der Waals surface area (Å²) in [6.45, 7) is 10.6. The molecule has 1 N–H and O–H groups in total. The van der Waals surface area contributed by atoms with Crippen molar-refractivity contribution in [3.05, 3.63) is 36.4 Å². The predicted octanol–water partition coefficient (Wildman–Crippen LogP) is 3.47. The Morgan fingerprint density at radius 1 is 1.35 bits per heavy atom. The van der Waals surface area contributed by atoms with E-state index >= 15 is 0 Å². The molecule has 6 nitrogen and oxygen atoms in total. The topological polar surface area (TPSA) is 63.1 Å². The van der Waals surface area contributed by atoms with Gasteiger partial charge in [-0.1, -0.05) is 0 Å². The summed E-state index contributed by atoms with van der Waals surface area (Å²) in [5, 5.41) is 3.08. The summed E-state index contributed by atoms with van der Waals surface area (Å²) in [4.78, 5) is 23.3. The highest BCUT2D eigenvalue weighted by atomic mass is 16.2. The highest BCUT2D eigenvalue weighted by molar-refractivity contribution is 5.75. The van der Waals surface area contributed by atoms with Crippen molar-refractivity contribution in [2.45, 2.75) is 52.6 Å². The molecule has 2 aromatic rings. The van der Waals surface area contributed by atoms with Crippen LogP contribution in [0.5, 0.6) is 0 Å². The predicted molar refractivity (Wildman–Crippen MR) is 103 cm³/mol. The van der Waals surface area contributed by atoms with Gasteiger partial charge in [-0.15, -0.1) is 0 Å². The van der Waals surface area contributed by atoms with Gasteiger partial charge in [0.1, 0.15) is 5.82 Å². The fourth-order valence-electron chi connectivity index (χ4n) is 3.47. The van der Waals surface area contributed by atoms with Crippen molar-refractivity contribution < 1.29 is 4.79 Å². The lowest BCUT2D eigenvalue weighted by Gasteiger charge is -2.35. The number of aryl methyl sites for hydroxylation is 1. The maximum atomic E-state index is 12.5. The zero-order chi connectivity index (χ0) is 18.7. The first-order chi connectivity index (χ1) is 12.3. The van der Waals surface area contributed by atoms with Crippen molar-refractivity contribution in [2.75, 3.05) is 13.1 Å². The third-order valence-electron chi connectivity index (χ3n) is 4.70. The number of hydrogen-bond donors (Lipinski definition) is 1. The Kier molecular flexibility index (Phi) is 5.30. The Morgan fingerprint density at radius 2 is 2.15 bits per heavy atom. The summed E-state index contributed by atoms with van der Waals surface area (Å²) < 4.78 is 2.26. The molecule has 1 saturated heterocycles. The molecule has 0 aliphatic carbocycles. The maximum absolute atomic E-state index is 12.5. The fourth-order valence-corrected chi connectivity index (χ4v) is 3.47. The SMILES string of the molecule is Cc1cnc(-c2cccnc2)n1CC1CCCN(C(=O)NC(C)(C)C)C1. The standard InChI is InChI=1S/C20H29N5O/c1-15-11-22-18(17-8-5-9-21-12-17)25(15)14-16-7-6-10-24(13-16)19(26)23-20(2,3)4/h5,8-9,11-12,16H,6-7,10,13-14H2,1-4H3,(H,23,26). The Morgan fingerprint density at radius 3 is 2.85 bits per heavy atom. The summed E-state index contributed by atoms with van der Waals surface area (Å²) in [6.07, 6.45) is 7.70. The first-order valence-corrected chi connectivity index (χ1v) is 9.33. The van der Waals surface area contributed by atoms with Gasteiger partial charge in [0.15, 0.2) is 0 Å². The number of amides is 2. The molecule has 2 aromatic heterocycles. The van der Waals surface area contributed by atoms with Gasteiger partial charge in [0.25, 0.3) is 0 Å². The Bertz CT molecular complexity index is 747. The minimum absolute atomic E-state index is 0.0389. The van der Waals surface area contributed by atoms with Crippen LogP contribution in [0.25, 0.3) is 11.4 Å². The summed E-state index contributed by atoms with van der Waals surface area (Å²) in [5.41, 5.74) is 1.96. The van der Waals surface area contributed by atoms with Gasteiger partial charge in [-0.3, -0.25) is 4.98 Å². The van der Waals surface area contributed by atoms with Crippen molar-refractivity contribution in [1.29, 1.82) is 0 Å². The van der Waals surface area contributed by atoms with E-state index < -0.39 is 0 Å². The van der Waals surface area contributed by atoms with Crippen LogP contribution in [0.2, 0.25) is 0 Å². The van der Waals surface area contributed by atoms with Crippen molar-refractivity contribution in [3.8, 4) is 11.4 Å². The number of pyridine rings is 1. The zero-order valence-corrected chi connectivity index (χ0v) is 16.2. The van der Waals surface area contributed by atoms with E-state index in [9.17, 15) is 4.79 Å². The number of hydrogen-bond acceptors (Lipinski definition) is 3.